The smallest absolute Gasteiger partial charge is 0.0762 e. The van der Waals surface area contributed by atoms with Crippen LogP contribution in [0.25, 0.3) is 0 Å². The van der Waals surface area contributed by atoms with Crippen LogP contribution in [0.1, 0.15) is 63.9 Å². The minimum Gasteiger partial charge on any atom is -0.370 e. The quantitative estimate of drug-likeness (QED) is 0.899. The molecule has 1 saturated heterocycles. The van der Waals surface area contributed by atoms with Crippen LogP contribution < -0.4 is 5.73 Å². The fourth-order valence-electron chi connectivity index (χ4n) is 4.00. The third-order valence-electron chi connectivity index (χ3n) is 5.35. The molecule has 2 aliphatic rings. The number of nitrogens with zero attached hydrogens (tertiary/aromatic N) is 1. The van der Waals surface area contributed by atoms with Gasteiger partial charge in [0.1, 0.15) is 0 Å². The van der Waals surface area contributed by atoms with E-state index < -0.39 is 0 Å². The second kappa shape index (κ2) is 6.53. The van der Waals surface area contributed by atoms with E-state index in [-0.39, 0.29) is 11.6 Å². The topological polar surface area (TPSA) is 40.2 Å². The van der Waals surface area contributed by atoms with Gasteiger partial charge in [-0.2, -0.15) is 0 Å². The minimum absolute atomic E-state index is 0.240. The molecular formula is C18H30N2O. The number of hydrogen-bond donors (Lipinski definition) is 1. The number of aromatic nitrogens is 1. The number of hydrogen-bond acceptors (Lipinski definition) is 2. The first-order valence-corrected chi connectivity index (χ1v) is 8.77. The summed E-state index contributed by atoms with van der Waals surface area (Å²) in [4.78, 5) is 0. The highest BCUT2D eigenvalue weighted by atomic mass is 16.5. The molecule has 0 bridgehead atoms. The largest absolute Gasteiger partial charge is 0.370 e. The van der Waals surface area contributed by atoms with Crippen molar-refractivity contribution in [3.63, 3.8) is 0 Å². The van der Waals surface area contributed by atoms with Gasteiger partial charge in [-0.3, -0.25) is 0 Å². The lowest BCUT2D eigenvalue weighted by molar-refractivity contribution is -0.0679. The number of ether oxygens (including phenoxy) is 1. The van der Waals surface area contributed by atoms with Crippen molar-refractivity contribution in [3.05, 3.63) is 24.0 Å². The Balaban J connectivity index is 1.53. The van der Waals surface area contributed by atoms with Crippen LogP contribution in [0.2, 0.25) is 0 Å². The average Bonchev–Trinajstić information content (AvgIpc) is 3.08. The summed E-state index contributed by atoms with van der Waals surface area (Å²) in [5.41, 5.74) is 7.63. The molecule has 2 atom stereocenters. The summed E-state index contributed by atoms with van der Waals surface area (Å²) in [7, 11) is 0. The Labute approximate surface area is 128 Å². The van der Waals surface area contributed by atoms with Gasteiger partial charge >= 0.3 is 0 Å². The summed E-state index contributed by atoms with van der Waals surface area (Å²) < 4.78 is 8.76. The van der Waals surface area contributed by atoms with Gasteiger partial charge in [0.25, 0.3) is 0 Å². The molecular weight excluding hydrogens is 260 g/mol. The molecule has 1 aliphatic carbocycles. The molecule has 2 N–H and O–H groups in total. The Morgan fingerprint density at radius 1 is 1.33 bits per heavy atom. The van der Waals surface area contributed by atoms with Crippen LogP contribution in [0.5, 0.6) is 0 Å². The Kier molecular flexibility index (Phi) is 4.70. The van der Waals surface area contributed by atoms with E-state index in [1.165, 1.54) is 50.5 Å². The maximum Gasteiger partial charge on any atom is 0.0762 e. The SMILES string of the molecule is CCC(N)Cc1ccn(CC2CCC3(CCCCC3)O2)c1. The van der Waals surface area contributed by atoms with Crippen LogP contribution in [0, 0.1) is 0 Å². The molecule has 3 nitrogen and oxygen atoms in total. The highest BCUT2D eigenvalue weighted by Crippen LogP contribution is 2.42. The van der Waals surface area contributed by atoms with Crippen LogP contribution >= 0.6 is 0 Å². The van der Waals surface area contributed by atoms with Gasteiger partial charge in [-0.25, -0.2) is 0 Å². The first kappa shape index (κ1) is 15.1. The van der Waals surface area contributed by atoms with Gasteiger partial charge in [0.2, 0.25) is 0 Å². The Morgan fingerprint density at radius 3 is 2.90 bits per heavy atom. The van der Waals surface area contributed by atoms with Gasteiger partial charge in [-0.1, -0.05) is 26.2 Å². The summed E-state index contributed by atoms with van der Waals surface area (Å²) in [5.74, 6) is 0. The molecule has 3 heteroatoms. The van der Waals surface area contributed by atoms with E-state index in [0.29, 0.717) is 6.10 Å². The molecule has 2 unspecified atom stereocenters. The molecule has 0 radical (unpaired) electrons. The standard InChI is InChI=1S/C18H30N2O/c1-2-16(19)12-15-7-11-20(13-15)14-17-6-10-18(21-17)8-4-3-5-9-18/h7,11,13,16-17H,2-6,8-10,12,14,19H2,1H3. The molecule has 1 aromatic heterocycles. The Morgan fingerprint density at radius 2 is 2.14 bits per heavy atom. The second-order valence-corrected chi connectivity index (χ2v) is 7.11. The van der Waals surface area contributed by atoms with Gasteiger partial charge in [-0.15, -0.1) is 0 Å². The van der Waals surface area contributed by atoms with Crippen molar-refractivity contribution < 1.29 is 4.74 Å². The monoisotopic (exact) mass is 290 g/mol. The van der Waals surface area contributed by atoms with E-state index in [9.17, 15) is 0 Å². The molecule has 2 heterocycles. The first-order valence-electron chi connectivity index (χ1n) is 8.77. The highest BCUT2D eigenvalue weighted by Gasteiger charge is 2.40. The molecule has 0 amide bonds. The molecule has 1 aromatic rings. The first-order chi connectivity index (χ1) is 10.2. The summed E-state index contributed by atoms with van der Waals surface area (Å²) in [6, 6.07) is 2.50. The molecule has 2 fully saturated rings. The predicted octanol–water partition coefficient (Wildman–Crippen LogP) is 3.65. The van der Waals surface area contributed by atoms with Crippen molar-refractivity contribution in [2.75, 3.05) is 0 Å². The molecule has 1 saturated carbocycles. The van der Waals surface area contributed by atoms with Crippen LogP contribution in [-0.2, 0) is 17.7 Å². The summed E-state index contributed by atoms with van der Waals surface area (Å²) in [6.07, 6.45) is 16.0. The van der Waals surface area contributed by atoms with Gasteiger partial charge in [0.05, 0.1) is 11.7 Å². The van der Waals surface area contributed by atoms with E-state index in [0.717, 1.165) is 19.4 Å². The van der Waals surface area contributed by atoms with E-state index in [1.807, 2.05) is 0 Å². The third kappa shape index (κ3) is 3.70. The molecule has 1 spiro atoms. The molecule has 1 aliphatic heterocycles. The van der Waals surface area contributed by atoms with Gasteiger partial charge in [0.15, 0.2) is 0 Å². The summed E-state index contributed by atoms with van der Waals surface area (Å²) in [5, 5.41) is 0. The van der Waals surface area contributed by atoms with Crippen molar-refractivity contribution in [2.45, 2.75) is 89.0 Å². The van der Waals surface area contributed by atoms with Crippen molar-refractivity contribution >= 4 is 0 Å². The normalized spacial score (nSPS) is 26.3. The zero-order chi connectivity index (χ0) is 14.7. The third-order valence-corrected chi connectivity index (χ3v) is 5.35. The average molecular weight is 290 g/mol. The minimum atomic E-state index is 0.240. The lowest BCUT2D eigenvalue weighted by Gasteiger charge is -2.33. The second-order valence-electron chi connectivity index (χ2n) is 7.11. The van der Waals surface area contributed by atoms with E-state index in [4.69, 9.17) is 10.5 Å². The van der Waals surface area contributed by atoms with E-state index >= 15 is 0 Å². The van der Waals surface area contributed by atoms with Crippen molar-refractivity contribution in [3.8, 4) is 0 Å². The highest BCUT2D eigenvalue weighted by molar-refractivity contribution is 5.12. The zero-order valence-corrected chi connectivity index (χ0v) is 13.4. The lowest BCUT2D eigenvalue weighted by atomic mass is 9.83. The fraction of sp³-hybridized carbons (Fsp3) is 0.778. The molecule has 0 aromatic carbocycles. The van der Waals surface area contributed by atoms with Crippen LogP contribution in [0.3, 0.4) is 0 Å². The maximum atomic E-state index is 6.46. The van der Waals surface area contributed by atoms with E-state index in [2.05, 4.69) is 30.0 Å². The fourth-order valence-corrected chi connectivity index (χ4v) is 4.00. The summed E-state index contributed by atoms with van der Waals surface area (Å²) >= 11 is 0. The number of nitrogens with two attached hydrogens (primary N) is 1. The Bertz CT molecular complexity index is 448. The zero-order valence-electron chi connectivity index (χ0n) is 13.4. The van der Waals surface area contributed by atoms with E-state index in [1.54, 1.807) is 0 Å². The van der Waals surface area contributed by atoms with Gasteiger partial charge in [0, 0.05) is 25.0 Å². The van der Waals surface area contributed by atoms with Crippen LogP contribution in [0.15, 0.2) is 18.5 Å². The van der Waals surface area contributed by atoms with Crippen molar-refractivity contribution in [2.24, 2.45) is 5.73 Å². The molecule has 21 heavy (non-hydrogen) atoms. The van der Waals surface area contributed by atoms with Crippen molar-refractivity contribution in [1.82, 2.24) is 4.57 Å². The molecule has 3 rings (SSSR count). The molecule has 118 valence electrons. The Hall–Kier alpha value is -0.800. The van der Waals surface area contributed by atoms with Gasteiger partial charge in [-0.05, 0) is 50.2 Å². The summed E-state index contributed by atoms with van der Waals surface area (Å²) in [6.45, 7) is 3.15. The van der Waals surface area contributed by atoms with Crippen LogP contribution in [-0.4, -0.2) is 22.3 Å². The lowest BCUT2D eigenvalue weighted by Crippen LogP contribution is -2.32. The van der Waals surface area contributed by atoms with Gasteiger partial charge < -0.3 is 15.0 Å². The number of rotatable bonds is 5. The van der Waals surface area contributed by atoms with Crippen molar-refractivity contribution in [1.29, 1.82) is 0 Å². The predicted molar refractivity (Wildman–Crippen MR) is 86.3 cm³/mol. The van der Waals surface area contributed by atoms with Crippen LogP contribution in [0.4, 0.5) is 0 Å². The maximum absolute atomic E-state index is 6.46.